The summed E-state index contributed by atoms with van der Waals surface area (Å²) < 4.78 is 0. The third kappa shape index (κ3) is 3.11. The number of hydrogen-bond acceptors (Lipinski definition) is 3. The summed E-state index contributed by atoms with van der Waals surface area (Å²) in [4.78, 5) is 11.1. The van der Waals surface area contributed by atoms with Gasteiger partial charge < -0.3 is 15.5 Å². The second-order valence-corrected chi connectivity index (χ2v) is 3.19. The molecule has 15 heavy (non-hydrogen) atoms. The Labute approximate surface area is 87.9 Å². The number of phenols is 1. The number of rotatable bonds is 3. The van der Waals surface area contributed by atoms with Crippen molar-refractivity contribution in [3.8, 4) is 5.75 Å². The van der Waals surface area contributed by atoms with Crippen LogP contribution >= 0.6 is 0 Å². The highest BCUT2D eigenvalue weighted by Gasteiger charge is 2.09. The van der Waals surface area contributed by atoms with Gasteiger partial charge in [0, 0.05) is 5.70 Å². The summed E-state index contributed by atoms with van der Waals surface area (Å²) in [5.74, 6) is -0.360. The van der Waals surface area contributed by atoms with Crippen LogP contribution in [-0.4, -0.2) is 22.2 Å². The second-order valence-electron chi connectivity index (χ2n) is 3.19. The summed E-state index contributed by atoms with van der Waals surface area (Å²) >= 11 is 0. The lowest BCUT2D eigenvalue weighted by Crippen LogP contribution is -2.30. The lowest BCUT2D eigenvalue weighted by molar-refractivity contribution is -0.127. The fraction of sp³-hybridized carbons (Fsp3) is 0.182. The first-order valence-electron chi connectivity index (χ1n) is 4.48. The Morgan fingerprint density at radius 2 is 1.93 bits per heavy atom. The monoisotopic (exact) mass is 207 g/mol. The molecule has 1 amide bonds. The molecule has 1 unspecified atom stereocenters. The van der Waals surface area contributed by atoms with E-state index in [1.807, 2.05) is 0 Å². The van der Waals surface area contributed by atoms with Crippen molar-refractivity contribution >= 4 is 11.6 Å². The van der Waals surface area contributed by atoms with Gasteiger partial charge in [-0.05, 0) is 36.8 Å². The minimum absolute atomic E-state index is 0.147. The standard InChI is InChI=1S/C11H13NO3/c1-7(12-11(15)8(2)13)9-3-5-10(14)6-4-9/h3-6,8,13-14H,1H2,2H3,(H,12,15). The normalized spacial score (nSPS) is 11.9. The van der Waals surface area contributed by atoms with E-state index in [1.165, 1.54) is 19.1 Å². The van der Waals surface area contributed by atoms with Gasteiger partial charge in [0.2, 0.25) is 0 Å². The van der Waals surface area contributed by atoms with E-state index in [-0.39, 0.29) is 5.75 Å². The number of benzene rings is 1. The molecule has 3 N–H and O–H groups in total. The molecule has 0 aromatic heterocycles. The highest BCUT2D eigenvalue weighted by molar-refractivity contribution is 5.88. The molecule has 1 atom stereocenters. The highest BCUT2D eigenvalue weighted by atomic mass is 16.3. The van der Waals surface area contributed by atoms with Gasteiger partial charge in [-0.25, -0.2) is 0 Å². The molecule has 1 rings (SSSR count). The number of hydrogen-bond donors (Lipinski definition) is 3. The van der Waals surface area contributed by atoms with E-state index in [0.29, 0.717) is 11.3 Å². The summed E-state index contributed by atoms with van der Waals surface area (Å²) in [6, 6.07) is 6.24. The van der Waals surface area contributed by atoms with E-state index in [0.717, 1.165) is 0 Å². The van der Waals surface area contributed by atoms with Crippen molar-refractivity contribution in [1.29, 1.82) is 0 Å². The first-order chi connectivity index (χ1) is 7.00. The number of nitrogens with one attached hydrogen (secondary N) is 1. The van der Waals surface area contributed by atoms with Crippen LogP contribution in [0.5, 0.6) is 5.75 Å². The van der Waals surface area contributed by atoms with Gasteiger partial charge in [0.1, 0.15) is 11.9 Å². The molecule has 0 aliphatic carbocycles. The number of aromatic hydroxyl groups is 1. The molecule has 1 aromatic rings. The van der Waals surface area contributed by atoms with Gasteiger partial charge in [-0.1, -0.05) is 6.58 Å². The van der Waals surface area contributed by atoms with Gasteiger partial charge in [-0.3, -0.25) is 4.79 Å². The number of aliphatic hydroxyl groups is 1. The number of aliphatic hydroxyl groups excluding tert-OH is 1. The zero-order chi connectivity index (χ0) is 11.4. The summed E-state index contributed by atoms with van der Waals surface area (Å²) in [5, 5.41) is 20.5. The minimum atomic E-state index is -1.07. The van der Waals surface area contributed by atoms with Crippen molar-refractivity contribution in [2.75, 3.05) is 0 Å². The maximum atomic E-state index is 11.1. The van der Waals surface area contributed by atoms with Gasteiger partial charge in [0.05, 0.1) is 0 Å². The molecule has 0 heterocycles. The van der Waals surface area contributed by atoms with Gasteiger partial charge in [0.15, 0.2) is 0 Å². The first-order valence-corrected chi connectivity index (χ1v) is 4.48. The quantitative estimate of drug-likeness (QED) is 0.688. The van der Waals surface area contributed by atoms with E-state index >= 15 is 0 Å². The molecule has 0 spiro atoms. The van der Waals surface area contributed by atoms with Crippen molar-refractivity contribution < 1.29 is 15.0 Å². The fourth-order valence-corrected chi connectivity index (χ4v) is 0.988. The summed E-state index contributed by atoms with van der Waals surface area (Å²) in [6.45, 7) is 5.03. The lowest BCUT2D eigenvalue weighted by atomic mass is 10.1. The predicted octanol–water partition coefficient (Wildman–Crippen LogP) is 0.860. The Hall–Kier alpha value is -1.81. The lowest BCUT2D eigenvalue weighted by Gasteiger charge is -2.09. The minimum Gasteiger partial charge on any atom is -0.508 e. The molecule has 1 aromatic carbocycles. The topological polar surface area (TPSA) is 69.6 Å². The van der Waals surface area contributed by atoms with Crippen LogP contribution in [0.4, 0.5) is 0 Å². The Bertz CT molecular complexity index is 368. The zero-order valence-corrected chi connectivity index (χ0v) is 8.40. The Morgan fingerprint density at radius 3 is 2.40 bits per heavy atom. The van der Waals surface area contributed by atoms with Crippen LogP contribution in [0.25, 0.3) is 5.70 Å². The van der Waals surface area contributed by atoms with E-state index in [9.17, 15) is 4.79 Å². The molecule has 0 saturated carbocycles. The van der Waals surface area contributed by atoms with Crippen LogP contribution in [0.15, 0.2) is 30.8 Å². The molecular weight excluding hydrogens is 194 g/mol. The number of amides is 1. The zero-order valence-electron chi connectivity index (χ0n) is 8.40. The van der Waals surface area contributed by atoms with Crippen LogP contribution in [-0.2, 0) is 4.79 Å². The van der Waals surface area contributed by atoms with Crippen molar-refractivity contribution in [2.24, 2.45) is 0 Å². The summed E-state index contributed by atoms with van der Waals surface area (Å²) in [5.41, 5.74) is 1.07. The van der Waals surface area contributed by atoms with Crippen molar-refractivity contribution in [3.63, 3.8) is 0 Å². The Kier molecular flexibility index (Phi) is 3.46. The molecule has 0 fully saturated rings. The third-order valence-corrected chi connectivity index (χ3v) is 1.87. The van der Waals surface area contributed by atoms with Gasteiger partial charge in [-0.2, -0.15) is 0 Å². The van der Waals surface area contributed by atoms with Crippen molar-refractivity contribution in [3.05, 3.63) is 36.4 Å². The summed E-state index contributed by atoms with van der Waals surface area (Å²) in [7, 11) is 0. The molecule has 0 bridgehead atoms. The number of carbonyl (C=O) groups excluding carboxylic acids is 1. The molecular formula is C11H13NO3. The van der Waals surface area contributed by atoms with Crippen LogP contribution in [0.3, 0.4) is 0 Å². The predicted molar refractivity (Wildman–Crippen MR) is 57.0 cm³/mol. The van der Waals surface area contributed by atoms with Crippen LogP contribution < -0.4 is 5.32 Å². The molecule has 4 nitrogen and oxygen atoms in total. The smallest absolute Gasteiger partial charge is 0.252 e. The highest BCUT2D eigenvalue weighted by Crippen LogP contribution is 2.14. The van der Waals surface area contributed by atoms with Crippen LogP contribution in [0, 0.1) is 0 Å². The van der Waals surface area contributed by atoms with E-state index < -0.39 is 12.0 Å². The average Bonchev–Trinajstić information content (AvgIpc) is 2.18. The number of phenolic OH excluding ortho intramolecular Hbond substituents is 1. The first kappa shape index (κ1) is 11.3. The van der Waals surface area contributed by atoms with E-state index in [4.69, 9.17) is 10.2 Å². The summed E-state index contributed by atoms with van der Waals surface area (Å²) in [6.07, 6.45) is -1.07. The third-order valence-electron chi connectivity index (χ3n) is 1.87. The molecule has 0 aliphatic heterocycles. The molecule has 4 heteroatoms. The average molecular weight is 207 g/mol. The SMILES string of the molecule is C=C(NC(=O)C(C)O)c1ccc(O)cc1. The molecule has 0 radical (unpaired) electrons. The van der Waals surface area contributed by atoms with E-state index in [1.54, 1.807) is 12.1 Å². The van der Waals surface area contributed by atoms with Crippen LogP contribution in [0.2, 0.25) is 0 Å². The maximum absolute atomic E-state index is 11.1. The Balaban J connectivity index is 2.69. The van der Waals surface area contributed by atoms with Crippen molar-refractivity contribution in [2.45, 2.75) is 13.0 Å². The maximum Gasteiger partial charge on any atom is 0.252 e. The molecule has 0 saturated heterocycles. The number of carbonyl (C=O) groups is 1. The largest absolute Gasteiger partial charge is 0.508 e. The molecule has 0 aliphatic rings. The van der Waals surface area contributed by atoms with Gasteiger partial charge in [-0.15, -0.1) is 0 Å². The van der Waals surface area contributed by atoms with Gasteiger partial charge in [0.25, 0.3) is 5.91 Å². The van der Waals surface area contributed by atoms with Gasteiger partial charge >= 0.3 is 0 Å². The Morgan fingerprint density at radius 1 is 1.40 bits per heavy atom. The second kappa shape index (κ2) is 4.61. The van der Waals surface area contributed by atoms with Crippen LogP contribution in [0.1, 0.15) is 12.5 Å². The fourth-order valence-electron chi connectivity index (χ4n) is 0.988. The molecule has 80 valence electrons. The van der Waals surface area contributed by atoms with Crippen molar-refractivity contribution in [1.82, 2.24) is 5.32 Å². The van der Waals surface area contributed by atoms with E-state index in [2.05, 4.69) is 11.9 Å².